The molecule has 3 unspecified atom stereocenters. The highest BCUT2D eigenvalue weighted by Gasteiger charge is 2.47. The van der Waals surface area contributed by atoms with Gasteiger partial charge in [-0.15, -0.1) is 11.6 Å². The van der Waals surface area contributed by atoms with Crippen molar-refractivity contribution in [2.24, 2.45) is 17.8 Å². The van der Waals surface area contributed by atoms with Crippen molar-refractivity contribution < 1.29 is 4.79 Å². The highest BCUT2D eigenvalue weighted by Crippen LogP contribution is 2.54. The van der Waals surface area contributed by atoms with E-state index in [9.17, 15) is 4.79 Å². The molecular formula is C11H18ClNO. The Labute approximate surface area is 90.4 Å². The van der Waals surface area contributed by atoms with Crippen molar-refractivity contribution in [3.63, 3.8) is 0 Å². The number of nitrogens with one attached hydrogen (secondary N) is 1. The van der Waals surface area contributed by atoms with Gasteiger partial charge in [-0.25, -0.2) is 0 Å². The van der Waals surface area contributed by atoms with E-state index in [2.05, 4.69) is 5.32 Å². The van der Waals surface area contributed by atoms with E-state index in [0.29, 0.717) is 11.8 Å². The smallest absolute Gasteiger partial charge is 0.223 e. The highest BCUT2D eigenvalue weighted by molar-refractivity contribution is 6.17. The molecule has 0 aromatic rings. The Balaban J connectivity index is 1.72. The molecule has 14 heavy (non-hydrogen) atoms. The minimum atomic E-state index is 0.233. The maximum Gasteiger partial charge on any atom is 0.223 e. The second-order valence-corrected chi connectivity index (χ2v) is 5.19. The molecule has 0 radical (unpaired) electrons. The predicted molar refractivity (Wildman–Crippen MR) is 57.3 cm³/mol. The molecule has 2 nitrogen and oxygen atoms in total. The van der Waals surface area contributed by atoms with E-state index in [-0.39, 0.29) is 11.9 Å². The number of carbonyl (C=O) groups is 1. The predicted octanol–water partition coefficient (Wildman–Crippen LogP) is 2.17. The number of fused-ring (bicyclic) bond motifs is 1. The largest absolute Gasteiger partial charge is 0.353 e. The number of amides is 1. The van der Waals surface area contributed by atoms with Crippen LogP contribution >= 0.6 is 11.6 Å². The van der Waals surface area contributed by atoms with Crippen LogP contribution in [0.3, 0.4) is 0 Å². The molecule has 0 aromatic carbocycles. The molecule has 0 aromatic heterocycles. The van der Waals surface area contributed by atoms with Crippen LogP contribution in [0.4, 0.5) is 0 Å². The minimum absolute atomic E-state index is 0.233. The lowest BCUT2D eigenvalue weighted by Gasteiger charge is -2.16. The highest BCUT2D eigenvalue weighted by atomic mass is 35.5. The first-order valence-electron chi connectivity index (χ1n) is 5.57. The van der Waals surface area contributed by atoms with E-state index in [4.69, 9.17) is 11.6 Å². The second kappa shape index (κ2) is 4.09. The van der Waals surface area contributed by atoms with Gasteiger partial charge in [-0.2, -0.15) is 0 Å². The molecule has 0 heterocycles. The van der Waals surface area contributed by atoms with Crippen molar-refractivity contribution in [2.45, 2.75) is 38.6 Å². The molecule has 80 valence electrons. The zero-order valence-corrected chi connectivity index (χ0v) is 9.39. The lowest BCUT2D eigenvalue weighted by molar-refractivity contribution is -0.125. The summed E-state index contributed by atoms with van der Waals surface area (Å²) < 4.78 is 0. The molecule has 0 aliphatic heterocycles. The molecule has 2 aliphatic carbocycles. The van der Waals surface area contributed by atoms with Gasteiger partial charge in [-0.3, -0.25) is 4.79 Å². The summed E-state index contributed by atoms with van der Waals surface area (Å²) in [6, 6.07) is 0.233. The van der Waals surface area contributed by atoms with Crippen molar-refractivity contribution in [2.75, 3.05) is 5.88 Å². The van der Waals surface area contributed by atoms with Crippen molar-refractivity contribution in [3.05, 3.63) is 0 Å². The van der Waals surface area contributed by atoms with E-state index in [0.717, 1.165) is 31.1 Å². The van der Waals surface area contributed by atoms with Crippen molar-refractivity contribution in [1.29, 1.82) is 0 Å². The van der Waals surface area contributed by atoms with Crippen molar-refractivity contribution in [3.8, 4) is 0 Å². The Bertz CT molecular complexity index is 221. The third-order valence-electron chi connectivity index (χ3n) is 3.55. The van der Waals surface area contributed by atoms with Gasteiger partial charge in [0.25, 0.3) is 0 Å². The van der Waals surface area contributed by atoms with Gasteiger partial charge in [-0.1, -0.05) is 0 Å². The fraction of sp³-hybridized carbons (Fsp3) is 0.909. The van der Waals surface area contributed by atoms with Gasteiger partial charge in [-0.05, 0) is 44.4 Å². The SMILES string of the molecule is CC(CCCl)NC(=O)C1CC2CC2C1. The fourth-order valence-electron chi connectivity index (χ4n) is 2.53. The Hall–Kier alpha value is -0.240. The number of rotatable bonds is 4. The molecule has 1 amide bonds. The molecule has 2 saturated carbocycles. The van der Waals surface area contributed by atoms with E-state index in [1.54, 1.807) is 0 Å². The monoisotopic (exact) mass is 215 g/mol. The Morgan fingerprint density at radius 3 is 2.64 bits per heavy atom. The van der Waals surface area contributed by atoms with Gasteiger partial charge >= 0.3 is 0 Å². The molecule has 0 bridgehead atoms. The average Bonchev–Trinajstić information content (AvgIpc) is 2.74. The number of hydrogen-bond acceptors (Lipinski definition) is 1. The van der Waals surface area contributed by atoms with Crippen LogP contribution in [-0.4, -0.2) is 17.8 Å². The second-order valence-electron chi connectivity index (χ2n) is 4.81. The van der Waals surface area contributed by atoms with Crippen LogP contribution < -0.4 is 5.32 Å². The van der Waals surface area contributed by atoms with E-state index in [1.807, 2.05) is 6.92 Å². The zero-order valence-electron chi connectivity index (χ0n) is 8.63. The average molecular weight is 216 g/mol. The Morgan fingerprint density at radius 1 is 1.43 bits per heavy atom. The Morgan fingerprint density at radius 2 is 2.07 bits per heavy atom. The molecule has 1 N–H and O–H groups in total. The first-order chi connectivity index (χ1) is 6.70. The lowest BCUT2D eigenvalue weighted by atomic mass is 10.0. The van der Waals surface area contributed by atoms with Crippen LogP contribution in [0.25, 0.3) is 0 Å². The van der Waals surface area contributed by atoms with Crippen molar-refractivity contribution in [1.82, 2.24) is 5.32 Å². The van der Waals surface area contributed by atoms with E-state index in [1.165, 1.54) is 6.42 Å². The third kappa shape index (κ3) is 2.22. The first kappa shape index (κ1) is 10.3. The summed E-state index contributed by atoms with van der Waals surface area (Å²) in [5, 5.41) is 3.04. The standard InChI is InChI=1S/C11H18ClNO/c1-7(2-3-12)13-11(14)10-5-8-4-9(8)6-10/h7-10H,2-6H2,1H3,(H,13,14). The van der Waals surface area contributed by atoms with Crippen LogP contribution in [0.15, 0.2) is 0 Å². The fourth-order valence-corrected chi connectivity index (χ4v) is 2.85. The molecule has 2 aliphatic rings. The summed E-state index contributed by atoms with van der Waals surface area (Å²) in [4.78, 5) is 11.7. The van der Waals surface area contributed by atoms with Crippen LogP contribution in [0, 0.1) is 17.8 Å². The first-order valence-corrected chi connectivity index (χ1v) is 6.10. The zero-order chi connectivity index (χ0) is 10.1. The summed E-state index contributed by atoms with van der Waals surface area (Å²) in [5.74, 6) is 2.95. The number of carbonyl (C=O) groups excluding carboxylic acids is 1. The summed E-state index contributed by atoms with van der Waals surface area (Å²) in [6.07, 6.45) is 4.50. The van der Waals surface area contributed by atoms with Gasteiger partial charge in [0.15, 0.2) is 0 Å². The van der Waals surface area contributed by atoms with Gasteiger partial charge in [0.05, 0.1) is 0 Å². The minimum Gasteiger partial charge on any atom is -0.353 e. The maximum atomic E-state index is 11.7. The summed E-state index contributed by atoms with van der Waals surface area (Å²) in [6.45, 7) is 2.02. The molecule has 0 saturated heterocycles. The molecular weight excluding hydrogens is 198 g/mol. The topological polar surface area (TPSA) is 29.1 Å². The van der Waals surface area contributed by atoms with Gasteiger partial charge < -0.3 is 5.32 Å². The molecule has 0 spiro atoms. The summed E-state index contributed by atoms with van der Waals surface area (Å²) >= 11 is 5.62. The number of halogens is 1. The summed E-state index contributed by atoms with van der Waals surface area (Å²) in [7, 11) is 0. The van der Waals surface area contributed by atoms with Gasteiger partial charge in [0.2, 0.25) is 5.91 Å². The van der Waals surface area contributed by atoms with Crippen LogP contribution in [0.2, 0.25) is 0 Å². The van der Waals surface area contributed by atoms with Gasteiger partial charge in [0.1, 0.15) is 0 Å². The molecule has 2 rings (SSSR count). The summed E-state index contributed by atoms with van der Waals surface area (Å²) in [5.41, 5.74) is 0. The van der Waals surface area contributed by atoms with Crippen LogP contribution in [0.5, 0.6) is 0 Å². The van der Waals surface area contributed by atoms with Crippen LogP contribution in [-0.2, 0) is 4.79 Å². The van der Waals surface area contributed by atoms with Crippen LogP contribution in [0.1, 0.15) is 32.6 Å². The lowest BCUT2D eigenvalue weighted by Crippen LogP contribution is -2.37. The third-order valence-corrected chi connectivity index (χ3v) is 3.76. The molecule has 2 fully saturated rings. The normalized spacial score (nSPS) is 36.3. The quantitative estimate of drug-likeness (QED) is 0.716. The Kier molecular flexibility index (Phi) is 3.01. The van der Waals surface area contributed by atoms with Crippen molar-refractivity contribution >= 4 is 17.5 Å². The maximum absolute atomic E-state index is 11.7. The van der Waals surface area contributed by atoms with E-state index < -0.39 is 0 Å². The van der Waals surface area contributed by atoms with Gasteiger partial charge in [0, 0.05) is 17.8 Å². The molecule has 3 atom stereocenters. The van der Waals surface area contributed by atoms with E-state index >= 15 is 0 Å². The number of hydrogen-bond donors (Lipinski definition) is 1. The number of alkyl halides is 1. The molecule has 3 heteroatoms.